The molecule has 1 aromatic heterocycles. The molecule has 1 amide bonds. The molecule has 0 aliphatic carbocycles. The van der Waals surface area contributed by atoms with Gasteiger partial charge in [0, 0.05) is 18.9 Å². The van der Waals surface area contributed by atoms with Crippen LogP contribution in [0.25, 0.3) is 0 Å². The number of nitrogens with one attached hydrogen (secondary N) is 2. The van der Waals surface area contributed by atoms with Gasteiger partial charge in [0.1, 0.15) is 0 Å². The topological polar surface area (TPSA) is 54.0 Å². The maximum atomic E-state index is 12.3. The van der Waals surface area contributed by atoms with Crippen molar-refractivity contribution in [2.75, 3.05) is 17.7 Å². The third kappa shape index (κ3) is 2.91. The molecule has 1 heterocycles. The summed E-state index contributed by atoms with van der Waals surface area (Å²) >= 11 is 0. The summed E-state index contributed by atoms with van der Waals surface area (Å²) in [6.07, 6.45) is 3.36. The fourth-order valence-electron chi connectivity index (χ4n) is 1.85. The number of amides is 1. The van der Waals surface area contributed by atoms with Gasteiger partial charge in [-0.1, -0.05) is 11.6 Å². The zero-order valence-corrected chi connectivity index (χ0v) is 11.3. The molecule has 1 aromatic carbocycles. The quantitative estimate of drug-likeness (QED) is 0.886. The Morgan fingerprint density at radius 2 is 1.95 bits per heavy atom. The van der Waals surface area contributed by atoms with Crippen LogP contribution >= 0.6 is 0 Å². The van der Waals surface area contributed by atoms with Crippen LogP contribution < -0.4 is 10.6 Å². The van der Waals surface area contributed by atoms with Gasteiger partial charge in [-0.2, -0.15) is 0 Å². The first kappa shape index (κ1) is 13.1. The lowest BCUT2D eigenvalue weighted by atomic mass is 10.1. The molecule has 0 atom stereocenters. The van der Waals surface area contributed by atoms with Gasteiger partial charge < -0.3 is 10.6 Å². The highest BCUT2D eigenvalue weighted by molar-refractivity contribution is 6.08. The minimum absolute atomic E-state index is 0.135. The van der Waals surface area contributed by atoms with Gasteiger partial charge in [-0.15, -0.1) is 0 Å². The van der Waals surface area contributed by atoms with Crippen molar-refractivity contribution in [3.63, 3.8) is 0 Å². The second-order valence-corrected chi connectivity index (χ2v) is 4.44. The first-order valence-electron chi connectivity index (χ1n) is 6.12. The summed E-state index contributed by atoms with van der Waals surface area (Å²) in [5.74, 6) is -0.135. The van der Waals surface area contributed by atoms with Gasteiger partial charge in [0.25, 0.3) is 5.91 Å². The monoisotopic (exact) mass is 255 g/mol. The number of aryl methyl sites for hydroxylation is 2. The van der Waals surface area contributed by atoms with Crippen molar-refractivity contribution in [1.82, 2.24) is 4.98 Å². The summed E-state index contributed by atoms with van der Waals surface area (Å²) < 4.78 is 0. The molecule has 2 aromatic rings. The molecule has 0 bridgehead atoms. The maximum Gasteiger partial charge on any atom is 0.257 e. The molecule has 0 spiro atoms. The van der Waals surface area contributed by atoms with Crippen LogP contribution in [0.1, 0.15) is 21.5 Å². The SMILES string of the molecule is CNc1ccc(C)cc1C(=O)Nc1cnccc1C. The Bertz CT molecular complexity index is 608. The largest absolute Gasteiger partial charge is 0.387 e. The lowest BCUT2D eigenvalue weighted by Gasteiger charge is -2.11. The summed E-state index contributed by atoms with van der Waals surface area (Å²) in [5, 5.41) is 5.91. The Morgan fingerprint density at radius 3 is 2.63 bits per heavy atom. The number of benzene rings is 1. The molecule has 0 aliphatic rings. The smallest absolute Gasteiger partial charge is 0.257 e. The van der Waals surface area contributed by atoms with Crippen LogP contribution in [0.4, 0.5) is 11.4 Å². The van der Waals surface area contributed by atoms with Crippen molar-refractivity contribution in [1.29, 1.82) is 0 Å². The highest BCUT2D eigenvalue weighted by Gasteiger charge is 2.12. The Labute approximate surface area is 112 Å². The second kappa shape index (κ2) is 5.52. The van der Waals surface area contributed by atoms with Crippen LogP contribution in [0.5, 0.6) is 0 Å². The molecule has 0 radical (unpaired) electrons. The van der Waals surface area contributed by atoms with Crippen molar-refractivity contribution in [3.8, 4) is 0 Å². The van der Waals surface area contributed by atoms with Crippen LogP contribution in [-0.2, 0) is 0 Å². The van der Waals surface area contributed by atoms with Crippen molar-refractivity contribution < 1.29 is 4.79 Å². The first-order valence-corrected chi connectivity index (χ1v) is 6.12. The molecule has 0 aliphatic heterocycles. The van der Waals surface area contributed by atoms with Crippen LogP contribution in [0.3, 0.4) is 0 Å². The van der Waals surface area contributed by atoms with E-state index in [0.29, 0.717) is 5.56 Å². The molecular weight excluding hydrogens is 238 g/mol. The van der Waals surface area contributed by atoms with E-state index in [-0.39, 0.29) is 5.91 Å². The number of carbonyl (C=O) groups is 1. The standard InChI is InChI=1S/C15H17N3O/c1-10-4-5-13(16-3)12(8-10)15(19)18-14-9-17-7-6-11(14)2/h4-9,16H,1-3H3,(H,18,19). The van der Waals surface area contributed by atoms with Crippen LogP contribution in [0.15, 0.2) is 36.7 Å². The summed E-state index contributed by atoms with van der Waals surface area (Å²) in [6, 6.07) is 7.61. The van der Waals surface area contributed by atoms with Gasteiger partial charge in [0.15, 0.2) is 0 Å². The van der Waals surface area contributed by atoms with E-state index in [1.54, 1.807) is 19.4 Å². The highest BCUT2D eigenvalue weighted by Crippen LogP contribution is 2.19. The van der Waals surface area contributed by atoms with Crippen LogP contribution in [0, 0.1) is 13.8 Å². The van der Waals surface area contributed by atoms with E-state index in [9.17, 15) is 4.79 Å². The van der Waals surface area contributed by atoms with Crippen molar-refractivity contribution in [2.24, 2.45) is 0 Å². The van der Waals surface area contributed by atoms with Gasteiger partial charge in [-0.25, -0.2) is 0 Å². The molecule has 19 heavy (non-hydrogen) atoms. The molecule has 0 saturated heterocycles. The van der Waals surface area contributed by atoms with Crippen molar-refractivity contribution in [2.45, 2.75) is 13.8 Å². The Balaban J connectivity index is 2.30. The zero-order valence-electron chi connectivity index (χ0n) is 11.3. The maximum absolute atomic E-state index is 12.3. The number of carbonyl (C=O) groups excluding carboxylic acids is 1. The van der Waals surface area contributed by atoms with Gasteiger partial charge >= 0.3 is 0 Å². The number of rotatable bonds is 3. The van der Waals surface area contributed by atoms with Gasteiger partial charge in [-0.3, -0.25) is 9.78 Å². The van der Waals surface area contributed by atoms with E-state index in [2.05, 4.69) is 15.6 Å². The minimum atomic E-state index is -0.135. The summed E-state index contributed by atoms with van der Waals surface area (Å²) in [4.78, 5) is 16.3. The second-order valence-electron chi connectivity index (χ2n) is 4.44. The molecule has 4 heteroatoms. The van der Waals surface area contributed by atoms with E-state index in [1.165, 1.54) is 0 Å². The normalized spacial score (nSPS) is 10.1. The minimum Gasteiger partial charge on any atom is -0.387 e. The molecular formula is C15H17N3O. The number of pyridine rings is 1. The average Bonchev–Trinajstić information content (AvgIpc) is 2.41. The number of hydrogen-bond acceptors (Lipinski definition) is 3. The molecule has 4 nitrogen and oxygen atoms in total. The van der Waals surface area contributed by atoms with E-state index in [1.807, 2.05) is 38.1 Å². The lowest BCUT2D eigenvalue weighted by Crippen LogP contribution is -2.15. The fourth-order valence-corrected chi connectivity index (χ4v) is 1.85. The molecule has 0 fully saturated rings. The molecule has 98 valence electrons. The predicted molar refractivity (Wildman–Crippen MR) is 77.7 cm³/mol. The van der Waals surface area contributed by atoms with E-state index in [0.717, 1.165) is 22.5 Å². The van der Waals surface area contributed by atoms with E-state index >= 15 is 0 Å². The lowest BCUT2D eigenvalue weighted by molar-refractivity contribution is 0.102. The number of hydrogen-bond donors (Lipinski definition) is 2. The van der Waals surface area contributed by atoms with Gasteiger partial charge in [-0.05, 0) is 37.6 Å². The van der Waals surface area contributed by atoms with Crippen LogP contribution in [-0.4, -0.2) is 17.9 Å². The number of aromatic nitrogens is 1. The fraction of sp³-hybridized carbons (Fsp3) is 0.200. The summed E-state index contributed by atoms with van der Waals surface area (Å²) in [6.45, 7) is 3.90. The Morgan fingerprint density at radius 1 is 1.16 bits per heavy atom. The van der Waals surface area contributed by atoms with Crippen LogP contribution in [0.2, 0.25) is 0 Å². The summed E-state index contributed by atoms with van der Waals surface area (Å²) in [5.41, 5.74) is 4.21. The molecule has 0 unspecified atom stereocenters. The third-order valence-electron chi connectivity index (χ3n) is 2.98. The average molecular weight is 255 g/mol. The Kier molecular flexibility index (Phi) is 3.80. The predicted octanol–water partition coefficient (Wildman–Crippen LogP) is 2.99. The molecule has 2 N–H and O–H groups in total. The van der Waals surface area contributed by atoms with E-state index in [4.69, 9.17) is 0 Å². The number of nitrogens with zero attached hydrogens (tertiary/aromatic N) is 1. The van der Waals surface area contributed by atoms with Gasteiger partial charge in [0.2, 0.25) is 0 Å². The summed E-state index contributed by atoms with van der Waals surface area (Å²) in [7, 11) is 1.80. The van der Waals surface area contributed by atoms with E-state index < -0.39 is 0 Å². The van der Waals surface area contributed by atoms with Crippen molar-refractivity contribution >= 4 is 17.3 Å². The van der Waals surface area contributed by atoms with Crippen molar-refractivity contribution in [3.05, 3.63) is 53.3 Å². The molecule has 2 rings (SSSR count). The highest BCUT2D eigenvalue weighted by atomic mass is 16.1. The number of anilines is 2. The third-order valence-corrected chi connectivity index (χ3v) is 2.98. The Hall–Kier alpha value is -2.36. The first-order chi connectivity index (χ1) is 9.11. The van der Waals surface area contributed by atoms with Gasteiger partial charge in [0.05, 0.1) is 17.4 Å². The molecule has 0 saturated carbocycles. The zero-order chi connectivity index (χ0) is 13.8.